The number of nitrogens with zero attached hydrogens (tertiary/aromatic N) is 1. The van der Waals surface area contributed by atoms with Crippen LogP contribution in [0.4, 0.5) is 0 Å². The van der Waals surface area contributed by atoms with Gasteiger partial charge in [0.25, 0.3) is 0 Å². The fourth-order valence-electron chi connectivity index (χ4n) is 4.12. The zero-order valence-electron chi connectivity index (χ0n) is 16.3. The first-order valence-electron chi connectivity index (χ1n) is 10.3. The van der Waals surface area contributed by atoms with E-state index in [1.165, 1.54) is 37.1 Å². The second kappa shape index (κ2) is 7.85. The van der Waals surface area contributed by atoms with Crippen molar-refractivity contribution in [3.63, 3.8) is 0 Å². The molecule has 1 aliphatic carbocycles. The first-order chi connectivity index (χ1) is 13.2. The summed E-state index contributed by atoms with van der Waals surface area (Å²) in [6.07, 6.45) is 4.53. The van der Waals surface area contributed by atoms with E-state index in [0.29, 0.717) is 6.54 Å². The van der Waals surface area contributed by atoms with Crippen molar-refractivity contribution in [3.8, 4) is 0 Å². The molecule has 1 aliphatic heterocycles. The number of rotatable bonds is 6. The maximum absolute atomic E-state index is 12.7. The van der Waals surface area contributed by atoms with Crippen LogP contribution in [-0.2, 0) is 23.3 Å². The summed E-state index contributed by atoms with van der Waals surface area (Å²) in [4.78, 5) is 15.3. The van der Waals surface area contributed by atoms with E-state index in [1.54, 1.807) is 0 Å². The van der Waals surface area contributed by atoms with Crippen LogP contribution in [0.15, 0.2) is 54.6 Å². The highest BCUT2D eigenvalue weighted by molar-refractivity contribution is 5.91. The predicted octanol–water partition coefficient (Wildman–Crippen LogP) is 4.27. The second-order valence-corrected chi connectivity index (χ2v) is 8.41. The van der Waals surface area contributed by atoms with Gasteiger partial charge in [-0.1, -0.05) is 61.5 Å². The number of nitrogens with one attached hydrogen (secondary N) is 1. The molecule has 2 fully saturated rings. The van der Waals surface area contributed by atoms with Crippen LogP contribution in [0.2, 0.25) is 0 Å². The predicted molar refractivity (Wildman–Crippen MR) is 109 cm³/mol. The molecule has 142 valence electrons. The number of hydrogen-bond acceptors (Lipinski definition) is 2. The number of piperidine rings is 1. The van der Waals surface area contributed by atoms with Crippen molar-refractivity contribution < 1.29 is 4.79 Å². The standard InChI is InChI=1S/C24H30N2O/c1-19-11-15-26(16-12-19)18-21-9-7-20(8-10-21)17-25-23(27)24(13-14-24)22-5-3-2-4-6-22/h2-10,19H,11-18H2,1H3,(H,25,27). The maximum Gasteiger partial charge on any atom is 0.230 e. The highest BCUT2D eigenvalue weighted by atomic mass is 16.2. The maximum atomic E-state index is 12.7. The Morgan fingerprint density at radius 1 is 1.00 bits per heavy atom. The summed E-state index contributed by atoms with van der Waals surface area (Å²) in [6, 6.07) is 18.9. The molecule has 3 nitrogen and oxygen atoms in total. The van der Waals surface area contributed by atoms with Crippen LogP contribution < -0.4 is 5.32 Å². The summed E-state index contributed by atoms with van der Waals surface area (Å²) in [5, 5.41) is 3.16. The molecule has 0 bridgehead atoms. The normalized spacial score (nSPS) is 19.6. The van der Waals surface area contributed by atoms with Gasteiger partial charge in [0.15, 0.2) is 0 Å². The zero-order chi connectivity index (χ0) is 18.7. The van der Waals surface area contributed by atoms with Crippen molar-refractivity contribution in [2.75, 3.05) is 13.1 Å². The Labute approximate surface area is 162 Å². The molecule has 3 heteroatoms. The zero-order valence-corrected chi connectivity index (χ0v) is 16.3. The number of likely N-dealkylation sites (tertiary alicyclic amines) is 1. The summed E-state index contributed by atoms with van der Waals surface area (Å²) >= 11 is 0. The summed E-state index contributed by atoms with van der Waals surface area (Å²) < 4.78 is 0. The number of amides is 1. The van der Waals surface area contributed by atoms with Gasteiger partial charge in [-0.15, -0.1) is 0 Å². The fraction of sp³-hybridized carbons (Fsp3) is 0.458. The minimum absolute atomic E-state index is 0.167. The van der Waals surface area contributed by atoms with Crippen LogP contribution >= 0.6 is 0 Å². The third-order valence-corrected chi connectivity index (χ3v) is 6.27. The third-order valence-electron chi connectivity index (χ3n) is 6.27. The van der Waals surface area contributed by atoms with Crippen molar-refractivity contribution in [2.45, 2.75) is 51.1 Å². The van der Waals surface area contributed by atoms with Crippen LogP contribution in [-0.4, -0.2) is 23.9 Å². The van der Waals surface area contributed by atoms with Gasteiger partial charge in [0.1, 0.15) is 0 Å². The quantitative estimate of drug-likeness (QED) is 0.832. The minimum Gasteiger partial charge on any atom is -0.351 e. The van der Waals surface area contributed by atoms with Crippen LogP contribution in [0.5, 0.6) is 0 Å². The van der Waals surface area contributed by atoms with Gasteiger partial charge in [-0.05, 0) is 61.4 Å². The molecular formula is C24H30N2O. The van der Waals surface area contributed by atoms with E-state index >= 15 is 0 Å². The number of carbonyl (C=O) groups is 1. The average molecular weight is 363 g/mol. The van der Waals surface area contributed by atoms with Crippen LogP contribution in [0, 0.1) is 5.92 Å². The van der Waals surface area contributed by atoms with Crippen LogP contribution in [0.1, 0.15) is 49.3 Å². The third kappa shape index (κ3) is 4.24. The van der Waals surface area contributed by atoms with Crippen molar-refractivity contribution in [1.82, 2.24) is 10.2 Å². The van der Waals surface area contributed by atoms with Gasteiger partial charge in [-0.25, -0.2) is 0 Å². The molecule has 0 radical (unpaired) electrons. The molecular weight excluding hydrogens is 332 g/mol. The summed E-state index contributed by atoms with van der Waals surface area (Å²) in [5.74, 6) is 1.04. The minimum atomic E-state index is -0.285. The molecule has 0 unspecified atom stereocenters. The highest BCUT2D eigenvalue weighted by Gasteiger charge is 2.50. The van der Waals surface area contributed by atoms with Crippen molar-refractivity contribution in [2.24, 2.45) is 5.92 Å². The van der Waals surface area contributed by atoms with E-state index < -0.39 is 0 Å². The first-order valence-corrected chi connectivity index (χ1v) is 10.3. The first kappa shape index (κ1) is 18.2. The summed E-state index contributed by atoms with van der Waals surface area (Å²) in [5.41, 5.74) is 3.39. The molecule has 1 N–H and O–H groups in total. The lowest BCUT2D eigenvalue weighted by atomic mass is 9.95. The molecule has 1 amide bonds. The van der Waals surface area contributed by atoms with Gasteiger partial charge in [0.2, 0.25) is 5.91 Å². The molecule has 2 aromatic carbocycles. The Hall–Kier alpha value is -2.13. The van der Waals surface area contributed by atoms with Crippen molar-refractivity contribution in [1.29, 1.82) is 0 Å². The number of carbonyl (C=O) groups excluding carboxylic acids is 1. The van der Waals surface area contributed by atoms with Crippen LogP contribution in [0.25, 0.3) is 0 Å². The number of hydrogen-bond donors (Lipinski definition) is 1. The Morgan fingerprint density at radius 3 is 2.26 bits per heavy atom. The van der Waals surface area contributed by atoms with E-state index in [-0.39, 0.29) is 11.3 Å². The number of benzene rings is 2. The lowest BCUT2D eigenvalue weighted by molar-refractivity contribution is -0.123. The van der Waals surface area contributed by atoms with Gasteiger partial charge in [0, 0.05) is 13.1 Å². The monoisotopic (exact) mass is 362 g/mol. The second-order valence-electron chi connectivity index (χ2n) is 8.41. The molecule has 0 atom stereocenters. The summed E-state index contributed by atoms with van der Waals surface area (Å²) in [7, 11) is 0. The van der Waals surface area contributed by atoms with Gasteiger partial charge in [-0.3, -0.25) is 9.69 Å². The largest absolute Gasteiger partial charge is 0.351 e. The van der Waals surface area contributed by atoms with E-state index in [4.69, 9.17) is 0 Å². The summed E-state index contributed by atoms with van der Waals surface area (Å²) in [6.45, 7) is 6.41. The van der Waals surface area contributed by atoms with Gasteiger partial charge >= 0.3 is 0 Å². The Balaban J connectivity index is 1.29. The van der Waals surface area contributed by atoms with E-state index in [0.717, 1.165) is 30.9 Å². The lowest BCUT2D eigenvalue weighted by Gasteiger charge is -2.30. The van der Waals surface area contributed by atoms with Gasteiger partial charge in [-0.2, -0.15) is 0 Å². The van der Waals surface area contributed by atoms with Gasteiger partial charge in [0.05, 0.1) is 5.41 Å². The van der Waals surface area contributed by atoms with E-state index in [1.807, 2.05) is 18.2 Å². The Morgan fingerprint density at radius 2 is 1.63 bits per heavy atom. The van der Waals surface area contributed by atoms with Crippen LogP contribution in [0.3, 0.4) is 0 Å². The molecule has 1 saturated carbocycles. The van der Waals surface area contributed by atoms with E-state index in [9.17, 15) is 4.79 Å². The molecule has 27 heavy (non-hydrogen) atoms. The smallest absolute Gasteiger partial charge is 0.230 e. The molecule has 0 aromatic heterocycles. The Bertz CT molecular complexity index is 757. The SMILES string of the molecule is CC1CCN(Cc2ccc(CNC(=O)C3(c4ccccc4)CC3)cc2)CC1. The molecule has 0 spiro atoms. The average Bonchev–Trinajstić information content (AvgIpc) is 3.52. The van der Waals surface area contributed by atoms with Crippen molar-refractivity contribution in [3.05, 3.63) is 71.3 Å². The molecule has 1 saturated heterocycles. The topological polar surface area (TPSA) is 32.3 Å². The van der Waals surface area contributed by atoms with E-state index in [2.05, 4.69) is 53.5 Å². The molecule has 2 aromatic rings. The molecule has 2 aliphatic rings. The van der Waals surface area contributed by atoms with Gasteiger partial charge < -0.3 is 5.32 Å². The Kier molecular flexibility index (Phi) is 5.31. The lowest BCUT2D eigenvalue weighted by Crippen LogP contribution is -2.34. The molecule has 1 heterocycles. The van der Waals surface area contributed by atoms with Crippen molar-refractivity contribution >= 4 is 5.91 Å². The molecule has 4 rings (SSSR count). The highest BCUT2D eigenvalue weighted by Crippen LogP contribution is 2.48. The fourth-order valence-corrected chi connectivity index (χ4v) is 4.12.